The Morgan fingerprint density at radius 1 is 1.28 bits per heavy atom. The van der Waals surface area contributed by atoms with Crippen molar-refractivity contribution in [3.05, 3.63) is 24.3 Å². The quantitative estimate of drug-likeness (QED) is 0.213. The normalized spacial score (nSPS) is 19.2. The Morgan fingerprint density at radius 3 is 2.79 bits per heavy atom. The molecule has 2 N–H and O–H groups in total. The summed E-state index contributed by atoms with van der Waals surface area (Å²) in [6.45, 7) is 1.10. The van der Waals surface area contributed by atoms with E-state index in [0.29, 0.717) is 12.2 Å². The summed E-state index contributed by atoms with van der Waals surface area (Å²) in [5, 5.41) is 6.72. The molecule has 164 valence electrons. The lowest BCUT2D eigenvalue weighted by molar-refractivity contribution is -0.0495. The minimum atomic E-state index is -2.83. The van der Waals surface area contributed by atoms with Crippen molar-refractivity contribution in [2.45, 2.75) is 38.3 Å². The number of benzene rings is 1. The minimum Gasteiger partial charge on any atom is -0.433 e. The number of rotatable bonds is 10. The van der Waals surface area contributed by atoms with Crippen molar-refractivity contribution in [2.75, 3.05) is 44.8 Å². The van der Waals surface area contributed by atoms with Crippen LogP contribution in [0.2, 0.25) is 0 Å². The largest absolute Gasteiger partial charge is 0.433 e. The summed E-state index contributed by atoms with van der Waals surface area (Å²) in [6.07, 6.45) is 4.45. The van der Waals surface area contributed by atoms with E-state index in [9.17, 15) is 8.78 Å². The molecule has 1 saturated carbocycles. The van der Waals surface area contributed by atoms with Crippen molar-refractivity contribution in [3.8, 4) is 5.75 Å². The third-order valence-electron chi connectivity index (χ3n) is 4.98. The molecule has 1 aliphatic heterocycles. The predicted molar refractivity (Wildman–Crippen MR) is 122 cm³/mol. The molecule has 29 heavy (non-hydrogen) atoms. The second-order valence-electron chi connectivity index (χ2n) is 7.29. The zero-order valence-corrected chi connectivity index (χ0v) is 19.1. The van der Waals surface area contributed by atoms with Crippen LogP contribution >= 0.6 is 24.0 Å². The van der Waals surface area contributed by atoms with Crippen LogP contribution < -0.4 is 20.3 Å². The number of ether oxygens (including phenoxy) is 2. The lowest BCUT2D eigenvalue weighted by atomic mass is 10.2. The molecule has 0 aromatic heterocycles. The minimum absolute atomic E-state index is 0. The third-order valence-corrected chi connectivity index (χ3v) is 4.98. The molecular formula is C20H31F2IN4O2. The number of nitrogens with zero attached hydrogens (tertiary/aromatic N) is 2. The second kappa shape index (κ2) is 12.4. The van der Waals surface area contributed by atoms with E-state index in [1.807, 2.05) is 12.1 Å². The van der Waals surface area contributed by atoms with Crippen molar-refractivity contribution < 1.29 is 18.3 Å². The van der Waals surface area contributed by atoms with Gasteiger partial charge in [0, 0.05) is 45.9 Å². The molecule has 1 atom stereocenters. The molecule has 1 unspecified atom stereocenters. The lowest BCUT2D eigenvalue weighted by Gasteiger charge is -2.22. The summed E-state index contributed by atoms with van der Waals surface area (Å²) in [4.78, 5) is 6.34. The van der Waals surface area contributed by atoms with Crippen LogP contribution in [0.4, 0.5) is 14.5 Å². The SMILES string of the molecule is CN=C(NCCCOCC1CC1)NC1CCN(c2ccccc2OC(F)F)C1.I. The van der Waals surface area contributed by atoms with E-state index < -0.39 is 6.61 Å². The maximum Gasteiger partial charge on any atom is 0.387 e. The van der Waals surface area contributed by atoms with E-state index in [4.69, 9.17) is 4.74 Å². The molecule has 1 heterocycles. The standard InChI is InChI=1S/C20H30F2N4O2.HI/c1-23-20(24-10-4-12-27-14-15-7-8-15)25-16-9-11-26(13-16)17-5-2-3-6-18(17)28-19(21)22;/h2-3,5-6,15-16,19H,4,7-14H2,1H3,(H2,23,24,25);1H. The highest BCUT2D eigenvalue weighted by atomic mass is 127. The average Bonchev–Trinajstić information content (AvgIpc) is 3.40. The fraction of sp³-hybridized carbons (Fsp3) is 0.650. The summed E-state index contributed by atoms with van der Waals surface area (Å²) in [5.41, 5.74) is 0.697. The number of anilines is 1. The molecule has 0 bridgehead atoms. The van der Waals surface area contributed by atoms with Gasteiger partial charge < -0.3 is 25.0 Å². The van der Waals surface area contributed by atoms with Gasteiger partial charge in [0.15, 0.2) is 5.96 Å². The Hall–Kier alpha value is -1.36. The Morgan fingerprint density at radius 2 is 2.07 bits per heavy atom. The van der Waals surface area contributed by atoms with Gasteiger partial charge in [0.2, 0.25) is 0 Å². The molecule has 0 spiro atoms. The first-order valence-electron chi connectivity index (χ1n) is 9.99. The number of guanidine groups is 1. The number of alkyl halides is 2. The molecule has 9 heteroatoms. The maximum atomic E-state index is 12.6. The van der Waals surface area contributed by atoms with Crippen molar-refractivity contribution in [1.82, 2.24) is 10.6 Å². The lowest BCUT2D eigenvalue weighted by Crippen LogP contribution is -2.45. The fourth-order valence-electron chi connectivity index (χ4n) is 3.31. The number of hydrogen-bond donors (Lipinski definition) is 2. The van der Waals surface area contributed by atoms with Gasteiger partial charge in [-0.05, 0) is 43.7 Å². The van der Waals surface area contributed by atoms with Gasteiger partial charge in [0.25, 0.3) is 0 Å². The summed E-state index contributed by atoms with van der Waals surface area (Å²) < 4.78 is 35.6. The monoisotopic (exact) mass is 524 g/mol. The van der Waals surface area contributed by atoms with E-state index >= 15 is 0 Å². The molecule has 1 saturated heterocycles. The third kappa shape index (κ3) is 8.12. The highest BCUT2D eigenvalue weighted by Gasteiger charge is 2.26. The first-order chi connectivity index (χ1) is 13.7. The van der Waals surface area contributed by atoms with Crippen LogP contribution in [-0.4, -0.2) is 58.5 Å². The molecular weight excluding hydrogens is 493 g/mol. The zero-order chi connectivity index (χ0) is 19.8. The summed E-state index contributed by atoms with van der Waals surface area (Å²) in [7, 11) is 1.75. The number of nitrogens with one attached hydrogen (secondary N) is 2. The van der Waals surface area contributed by atoms with Crippen LogP contribution in [0.5, 0.6) is 5.75 Å². The van der Waals surface area contributed by atoms with E-state index in [2.05, 4.69) is 25.3 Å². The van der Waals surface area contributed by atoms with Gasteiger partial charge in [-0.2, -0.15) is 8.78 Å². The average molecular weight is 524 g/mol. The predicted octanol–water partition coefficient (Wildman–Crippen LogP) is 3.47. The summed E-state index contributed by atoms with van der Waals surface area (Å²) in [5.74, 6) is 1.77. The van der Waals surface area contributed by atoms with E-state index in [-0.39, 0.29) is 35.8 Å². The molecule has 0 amide bonds. The Bertz CT molecular complexity index is 647. The molecule has 6 nitrogen and oxygen atoms in total. The van der Waals surface area contributed by atoms with Gasteiger partial charge in [0.05, 0.1) is 5.69 Å². The number of hydrogen-bond acceptors (Lipinski definition) is 4. The maximum absolute atomic E-state index is 12.6. The van der Waals surface area contributed by atoms with Crippen LogP contribution in [0.25, 0.3) is 0 Å². The zero-order valence-electron chi connectivity index (χ0n) is 16.8. The van der Waals surface area contributed by atoms with Crippen LogP contribution in [0.15, 0.2) is 29.3 Å². The molecule has 2 fully saturated rings. The van der Waals surface area contributed by atoms with Gasteiger partial charge in [-0.25, -0.2) is 0 Å². The summed E-state index contributed by atoms with van der Waals surface area (Å²) >= 11 is 0. The number of halogens is 3. The molecule has 1 aromatic carbocycles. The fourth-order valence-corrected chi connectivity index (χ4v) is 3.31. The van der Waals surface area contributed by atoms with Crippen LogP contribution in [0.1, 0.15) is 25.7 Å². The Balaban J connectivity index is 0.00000300. The molecule has 3 rings (SSSR count). The van der Waals surface area contributed by atoms with Crippen molar-refractivity contribution in [3.63, 3.8) is 0 Å². The smallest absolute Gasteiger partial charge is 0.387 e. The molecule has 1 aliphatic carbocycles. The second-order valence-corrected chi connectivity index (χ2v) is 7.29. The Kier molecular flexibility index (Phi) is 10.2. The highest BCUT2D eigenvalue weighted by molar-refractivity contribution is 14.0. The van der Waals surface area contributed by atoms with Gasteiger partial charge in [-0.3, -0.25) is 4.99 Å². The van der Waals surface area contributed by atoms with Gasteiger partial charge in [0.1, 0.15) is 5.75 Å². The van der Waals surface area contributed by atoms with E-state index in [1.54, 1.807) is 19.2 Å². The van der Waals surface area contributed by atoms with Crippen LogP contribution in [0, 0.1) is 5.92 Å². The number of para-hydroxylation sites is 2. The van der Waals surface area contributed by atoms with Crippen molar-refractivity contribution >= 4 is 35.6 Å². The van der Waals surface area contributed by atoms with Crippen LogP contribution in [-0.2, 0) is 4.74 Å². The summed E-state index contributed by atoms with van der Waals surface area (Å²) in [6, 6.07) is 7.12. The Labute approximate surface area is 188 Å². The van der Waals surface area contributed by atoms with E-state index in [0.717, 1.165) is 51.0 Å². The molecule has 2 aliphatic rings. The van der Waals surface area contributed by atoms with Crippen LogP contribution in [0.3, 0.4) is 0 Å². The first-order valence-corrected chi connectivity index (χ1v) is 9.99. The van der Waals surface area contributed by atoms with Gasteiger partial charge >= 0.3 is 6.61 Å². The molecule has 0 radical (unpaired) electrons. The topological polar surface area (TPSA) is 58.1 Å². The number of aliphatic imine (C=N–C) groups is 1. The van der Waals surface area contributed by atoms with Gasteiger partial charge in [-0.1, -0.05) is 12.1 Å². The van der Waals surface area contributed by atoms with Crippen molar-refractivity contribution in [1.29, 1.82) is 0 Å². The van der Waals surface area contributed by atoms with E-state index in [1.165, 1.54) is 12.8 Å². The molecule has 1 aromatic rings. The van der Waals surface area contributed by atoms with Crippen molar-refractivity contribution in [2.24, 2.45) is 10.9 Å². The first kappa shape index (κ1) is 23.9. The van der Waals surface area contributed by atoms with Gasteiger partial charge in [-0.15, -0.1) is 24.0 Å². The highest BCUT2D eigenvalue weighted by Crippen LogP contribution is 2.31.